The van der Waals surface area contributed by atoms with E-state index in [1.165, 1.54) is 17.6 Å². The lowest BCUT2D eigenvalue weighted by Gasteiger charge is -2.34. The largest absolute Gasteiger partial charge is 0.370 e. The molecule has 31 heavy (non-hydrogen) atoms. The van der Waals surface area contributed by atoms with E-state index >= 15 is 0 Å². The minimum atomic E-state index is -3.13. The maximum absolute atomic E-state index is 13.4. The van der Waals surface area contributed by atoms with E-state index in [9.17, 15) is 18.4 Å². The van der Waals surface area contributed by atoms with Gasteiger partial charge in [0.2, 0.25) is 0 Å². The molecule has 0 spiro atoms. The Bertz CT molecular complexity index is 1040. The van der Waals surface area contributed by atoms with Crippen LogP contribution < -0.4 is 10.8 Å². The maximum Gasteiger partial charge on any atom is 0.269 e. The van der Waals surface area contributed by atoms with Crippen molar-refractivity contribution < 1.29 is 28.3 Å². The molecule has 0 saturated heterocycles. The van der Waals surface area contributed by atoms with Crippen LogP contribution in [0.2, 0.25) is 0 Å². The number of hydrogen-bond donors (Lipinski definition) is 3. The molecule has 0 saturated carbocycles. The highest BCUT2D eigenvalue weighted by molar-refractivity contribution is 5.97. The number of carbonyl (C=O) groups is 2. The quantitative estimate of drug-likeness (QED) is 0.372. The summed E-state index contributed by atoms with van der Waals surface area (Å²) < 4.78 is 31.6. The van der Waals surface area contributed by atoms with Gasteiger partial charge >= 0.3 is 0 Å². The van der Waals surface area contributed by atoms with Crippen molar-refractivity contribution in [1.82, 2.24) is 10.8 Å². The number of rotatable bonds is 6. The summed E-state index contributed by atoms with van der Waals surface area (Å²) in [6, 6.07) is 12.8. The summed E-state index contributed by atoms with van der Waals surface area (Å²) in [4.78, 5) is 24.4. The fourth-order valence-corrected chi connectivity index (χ4v) is 2.56. The standard InChI is InChI=1S/C22H19F2N3O4/c1-22(31-2,21(23)24)18(20(29)27-30)26-19(28)17-11-9-15(10-12-17)4-3-14-5-7-16(13-25)8-6-14/h5-12,18,21,30H,1-2H3,(H,26,28)(H,27,29)/t18-,22?/m1/s1. The summed E-state index contributed by atoms with van der Waals surface area (Å²) in [5, 5.41) is 19.8. The van der Waals surface area contributed by atoms with Gasteiger partial charge in [0.25, 0.3) is 18.2 Å². The molecule has 0 heterocycles. The highest BCUT2D eigenvalue weighted by Crippen LogP contribution is 2.24. The molecule has 2 atom stereocenters. The Morgan fingerprint density at radius 1 is 1.03 bits per heavy atom. The SMILES string of the molecule is COC(C)(C(F)F)[C@H](NC(=O)c1ccc(C#Cc2ccc(C#N)cc2)cc1)C(=O)NO. The zero-order valence-electron chi connectivity index (χ0n) is 16.6. The molecule has 3 N–H and O–H groups in total. The van der Waals surface area contributed by atoms with Gasteiger partial charge < -0.3 is 10.1 Å². The van der Waals surface area contributed by atoms with Crippen LogP contribution in [0.25, 0.3) is 0 Å². The van der Waals surface area contributed by atoms with Crippen molar-refractivity contribution in [3.63, 3.8) is 0 Å². The number of benzene rings is 2. The molecule has 2 rings (SSSR count). The molecule has 9 heteroatoms. The topological polar surface area (TPSA) is 111 Å². The predicted octanol–water partition coefficient (Wildman–Crippen LogP) is 2.23. The normalized spacial score (nSPS) is 13.2. The lowest BCUT2D eigenvalue weighted by molar-refractivity contribution is -0.157. The second-order valence-corrected chi connectivity index (χ2v) is 6.59. The number of methoxy groups -OCH3 is 1. The van der Waals surface area contributed by atoms with Crippen LogP contribution in [-0.4, -0.2) is 42.2 Å². The highest BCUT2D eigenvalue weighted by atomic mass is 19.3. The van der Waals surface area contributed by atoms with Gasteiger partial charge in [-0.25, -0.2) is 14.3 Å². The minimum absolute atomic E-state index is 0.0902. The Morgan fingerprint density at radius 2 is 1.52 bits per heavy atom. The number of ether oxygens (including phenoxy) is 1. The first kappa shape index (κ1) is 23.5. The maximum atomic E-state index is 13.4. The average Bonchev–Trinajstić information content (AvgIpc) is 2.80. The first-order valence-corrected chi connectivity index (χ1v) is 8.95. The molecule has 0 aromatic heterocycles. The summed E-state index contributed by atoms with van der Waals surface area (Å²) in [7, 11) is 0.970. The van der Waals surface area contributed by atoms with Gasteiger partial charge in [0.05, 0.1) is 11.6 Å². The van der Waals surface area contributed by atoms with Crippen LogP contribution in [0.4, 0.5) is 8.78 Å². The fraction of sp³-hybridized carbons (Fsp3) is 0.227. The first-order valence-electron chi connectivity index (χ1n) is 8.95. The number of nitriles is 1. The van der Waals surface area contributed by atoms with Gasteiger partial charge in [0.15, 0.2) is 5.60 Å². The number of hydrogen-bond acceptors (Lipinski definition) is 5. The van der Waals surface area contributed by atoms with Crippen LogP contribution in [0.15, 0.2) is 48.5 Å². The zero-order chi connectivity index (χ0) is 23.0. The zero-order valence-corrected chi connectivity index (χ0v) is 16.6. The third-order valence-corrected chi connectivity index (χ3v) is 4.61. The molecule has 0 fully saturated rings. The molecule has 0 radical (unpaired) electrons. The molecule has 0 aliphatic rings. The van der Waals surface area contributed by atoms with Crippen LogP contribution in [0, 0.1) is 23.2 Å². The Balaban J connectivity index is 2.17. The van der Waals surface area contributed by atoms with Crippen molar-refractivity contribution in [2.45, 2.75) is 25.0 Å². The number of amides is 2. The van der Waals surface area contributed by atoms with Gasteiger partial charge in [0.1, 0.15) is 6.04 Å². The van der Waals surface area contributed by atoms with Crippen molar-refractivity contribution >= 4 is 11.8 Å². The van der Waals surface area contributed by atoms with Crippen molar-refractivity contribution in [2.24, 2.45) is 0 Å². The molecular formula is C22H19F2N3O4. The van der Waals surface area contributed by atoms with E-state index in [1.807, 2.05) is 6.07 Å². The molecule has 160 valence electrons. The number of carbonyl (C=O) groups excluding carboxylic acids is 2. The van der Waals surface area contributed by atoms with Crippen molar-refractivity contribution in [2.75, 3.05) is 7.11 Å². The number of alkyl halides is 2. The molecule has 2 aromatic rings. The van der Waals surface area contributed by atoms with Gasteiger partial charge in [-0.3, -0.25) is 14.8 Å². The monoisotopic (exact) mass is 427 g/mol. The van der Waals surface area contributed by atoms with E-state index in [1.54, 1.807) is 36.4 Å². The Labute approximate surface area is 177 Å². The van der Waals surface area contributed by atoms with Crippen LogP contribution in [0.3, 0.4) is 0 Å². The highest BCUT2D eigenvalue weighted by Gasteiger charge is 2.48. The van der Waals surface area contributed by atoms with Gasteiger partial charge in [-0.2, -0.15) is 5.26 Å². The number of nitrogens with zero attached hydrogens (tertiary/aromatic N) is 1. The Hall–Kier alpha value is -3.79. The van der Waals surface area contributed by atoms with Crippen LogP contribution in [0.1, 0.15) is 34.0 Å². The second-order valence-electron chi connectivity index (χ2n) is 6.59. The molecular weight excluding hydrogens is 408 g/mol. The van der Waals surface area contributed by atoms with E-state index in [0.29, 0.717) is 16.7 Å². The van der Waals surface area contributed by atoms with Gasteiger partial charge in [-0.05, 0) is 55.5 Å². The average molecular weight is 427 g/mol. The second kappa shape index (κ2) is 10.3. The van der Waals surface area contributed by atoms with E-state index in [-0.39, 0.29) is 5.56 Å². The van der Waals surface area contributed by atoms with Gasteiger partial charge in [-0.1, -0.05) is 11.8 Å². The summed E-state index contributed by atoms with van der Waals surface area (Å²) in [6.07, 6.45) is -3.13. The van der Waals surface area contributed by atoms with Crippen LogP contribution in [-0.2, 0) is 9.53 Å². The van der Waals surface area contributed by atoms with E-state index in [4.69, 9.17) is 15.2 Å². The summed E-state index contributed by atoms with van der Waals surface area (Å²) in [6.45, 7) is 0.944. The minimum Gasteiger partial charge on any atom is -0.370 e. The Kier molecular flexibility index (Phi) is 7.81. The molecule has 0 aliphatic carbocycles. The smallest absolute Gasteiger partial charge is 0.269 e. The number of nitrogens with one attached hydrogen (secondary N) is 2. The van der Waals surface area contributed by atoms with Gasteiger partial charge in [-0.15, -0.1) is 0 Å². The lowest BCUT2D eigenvalue weighted by Crippen LogP contribution is -2.62. The molecule has 7 nitrogen and oxygen atoms in total. The number of hydroxylamine groups is 1. The molecule has 0 bridgehead atoms. The fourth-order valence-electron chi connectivity index (χ4n) is 2.56. The molecule has 0 aliphatic heterocycles. The summed E-state index contributed by atoms with van der Waals surface area (Å²) in [5.74, 6) is 3.75. The Morgan fingerprint density at radius 3 is 1.94 bits per heavy atom. The summed E-state index contributed by atoms with van der Waals surface area (Å²) >= 11 is 0. The van der Waals surface area contributed by atoms with Crippen molar-refractivity contribution in [1.29, 1.82) is 5.26 Å². The first-order chi connectivity index (χ1) is 14.7. The van der Waals surface area contributed by atoms with Crippen LogP contribution >= 0.6 is 0 Å². The van der Waals surface area contributed by atoms with Crippen molar-refractivity contribution in [3.8, 4) is 17.9 Å². The third kappa shape index (κ3) is 5.64. The number of halogens is 2. The lowest BCUT2D eigenvalue weighted by atomic mass is 9.95. The van der Waals surface area contributed by atoms with E-state index < -0.39 is 29.9 Å². The van der Waals surface area contributed by atoms with E-state index in [0.717, 1.165) is 14.0 Å². The van der Waals surface area contributed by atoms with Crippen molar-refractivity contribution in [3.05, 3.63) is 70.8 Å². The third-order valence-electron chi connectivity index (χ3n) is 4.61. The van der Waals surface area contributed by atoms with Gasteiger partial charge in [0, 0.05) is 23.8 Å². The molecule has 2 amide bonds. The van der Waals surface area contributed by atoms with E-state index in [2.05, 4.69) is 17.2 Å². The summed E-state index contributed by atoms with van der Waals surface area (Å²) in [5.41, 5.74) is 0.787. The molecule has 2 aromatic carbocycles. The predicted molar refractivity (Wildman–Crippen MR) is 106 cm³/mol. The van der Waals surface area contributed by atoms with Crippen LogP contribution in [0.5, 0.6) is 0 Å². The molecule has 1 unspecified atom stereocenters.